The summed E-state index contributed by atoms with van der Waals surface area (Å²) in [5.74, 6) is 0. The van der Waals surface area contributed by atoms with Gasteiger partial charge in [-0.15, -0.1) is 0 Å². The lowest BCUT2D eigenvalue weighted by Gasteiger charge is -2.33. The highest BCUT2D eigenvalue weighted by Gasteiger charge is 2.37. The van der Waals surface area contributed by atoms with Gasteiger partial charge in [-0.3, -0.25) is 4.90 Å². The fourth-order valence-electron chi connectivity index (χ4n) is 3.02. The fourth-order valence-corrected chi connectivity index (χ4v) is 3.02. The lowest BCUT2D eigenvalue weighted by atomic mass is 9.82. The van der Waals surface area contributed by atoms with Crippen molar-refractivity contribution in [3.8, 4) is 0 Å². The minimum absolute atomic E-state index is 0.179. The smallest absolute Gasteiger partial charge is 0.0630 e. The molecule has 0 saturated carbocycles. The maximum atomic E-state index is 5.44. The average molecular weight is 270 g/mol. The van der Waals surface area contributed by atoms with Crippen molar-refractivity contribution in [2.24, 2.45) is 5.41 Å². The molecule has 0 aliphatic carbocycles. The largest absolute Gasteiger partial charge is 0.383 e. The molecule has 1 unspecified atom stereocenters. The van der Waals surface area contributed by atoms with E-state index in [-0.39, 0.29) is 5.54 Å². The maximum Gasteiger partial charge on any atom is 0.0630 e. The van der Waals surface area contributed by atoms with Gasteiger partial charge in [0, 0.05) is 31.8 Å². The number of hydrogen-bond acceptors (Lipinski definition) is 3. The topological polar surface area (TPSA) is 24.5 Å². The van der Waals surface area contributed by atoms with E-state index in [1.54, 1.807) is 0 Å². The molecular formula is C16H34N2O. The van der Waals surface area contributed by atoms with Gasteiger partial charge in [-0.25, -0.2) is 0 Å². The summed E-state index contributed by atoms with van der Waals surface area (Å²) >= 11 is 0. The minimum Gasteiger partial charge on any atom is -0.383 e. The van der Waals surface area contributed by atoms with E-state index < -0.39 is 0 Å². The molecule has 1 aliphatic rings. The monoisotopic (exact) mass is 270 g/mol. The Labute approximate surface area is 120 Å². The van der Waals surface area contributed by atoms with Crippen molar-refractivity contribution >= 4 is 0 Å². The molecule has 1 saturated heterocycles. The molecule has 3 nitrogen and oxygen atoms in total. The molecule has 0 spiro atoms. The van der Waals surface area contributed by atoms with Gasteiger partial charge in [0.1, 0.15) is 0 Å². The van der Waals surface area contributed by atoms with Crippen molar-refractivity contribution in [2.75, 3.05) is 33.4 Å². The van der Waals surface area contributed by atoms with E-state index in [9.17, 15) is 0 Å². The number of ether oxygens (including phenoxy) is 1. The first-order chi connectivity index (χ1) is 8.86. The maximum absolute atomic E-state index is 5.44. The van der Waals surface area contributed by atoms with E-state index in [0.29, 0.717) is 11.5 Å². The third-order valence-corrected chi connectivity index (χ3v) is 4.71. The Balaban J connectivity index is 2.58. The Hall–Kier alpha value is -0.120. The number of hydrogen-bond donors (Lipinski definition) is 1. The molecule has 1 atom stereocenters. The van der Waals surface area contributed by atoms with Crippen molar-refractivity contribution in [1.29, 1.82) is 0 Å². The van der Waals surface area contributed by atoms with Gasteiger partial charge in [0.15, 0.2) is 0 Å². The molecule has 0 aromatic carbocycles. The van der Waals surface area contributed by atoms with Crippen LogP contribution in [0.25, 0.3) is 0 Å². The van der Waals surface area contributed by atoms with E-state index in [2.05, 4.69) is 44.8 Å². The second kappa shape index (κ2) is 7.05. The first-order valence-corrected chi connectivity index (χ1v) is 7.84. The van der Waals surface area contributed by atoms with Gasteiger partial charge in [0.2, 0.25) is 0 Å². The van der Waals surface area contributed by atoms with E-state index in [0.717, 1.165) is 13.2 Å². The summed E-state index contributed by atoms with van der Waals surface area (Å²) < 4.78 is 5.44. The van der Waals surface area contributed by atoms with Crippen LogP contribution in [-0.2, 0) is 4.74 Å². The number of methoxy groups -OCH3 is 1. The van der Waals surface area contributed by atoms with Crippen LogP contribution in [-0.4, -0.2) is 49.8 Å². The second-order valence-corrected chi connectivity index (χ2v) is 7.17. The molecule has 3 heteroatoms. The van der Waals surface area contributed by atoms with Gasteiger partial charge in [0.25, 0.3) is 0 Å². The molecule has 0 aromatic heterocycles. The third kappa shape index (κ3) is 5.05. The van der Waals surface area contributed by atoms with Crippen LogP contribution in [0.1, 0.15) is 53.9 Å². The highest BCUT2D eigenvalue weighted by atomic mass is 16.5. The molecule has 114 valence electrons. The van der Waals surface area contributed by atoms with Crippen LogP contribution in [0.3, 0.4) is 0 Å². The van der Waals surface area contributed by atoms with Crippen LogP contribution in [0.15, 0.2) is 0 Å². The van der Waals surface area contributed by atoms with Gasteiger partial charge in [-0.2, -0.15) is 0 Å². The van der Waals surface area contributed by atoms with Gasteiger partial charge < -0.3 is 10.1 Å². The minimum atomic E-state index is 0.179. The molecule has 1 N–H and O–H groups in total. The zero-order valence-corrected chi connectivity index (χ0v) is 13.9. The van der Waals surface area contributed by atoms with Crippen LogP contribution >= 0.6 is 0 Å². The summed E-state index contributed by atoms with van der Waals surface area (Å²) in [5.41, 5.74) is 0.728. The van der Waals surface area contributed by atoms with E-state index in [1.807, 2.05) is 7.11 Å². The van der Waals surface area contributed by atoms with Gasteiger partial charge in [-0.05, 0) is 52.0 Å². The molecule has 0 aromatic rings. The van der Waals surface area contributed by atoms with Crippen LogP contribution < -0.4 is 5.32 Å². The van der Waals surface area contributed by atoms with Crippen molar-refractivity contribution < 1.29 is 4.74 Å². The zero-order valence-electron chi connectivity index (χ0n) is 13.9. The summed E-state index contributed by atoms with van der Waals surface area (Å²) in [6.07, 6.45) is 3.94. The summed E-state index contributed by atoms with van der Waals surface area (Å²) in [6.45, 7) is 15.7. The summed E-state index contributed by atoms with van der Waals surface area (Å²) in [4.78, 5) is 2.63. The SMILES string of the molecule is CCC1(CC)CCN(C(CNC(C)(C)C)COC)C1. The quantitative estimate of drug-likeness (QED) is 0.770. The first kappa shape index (κ1) is 16.9. The average Bonchev–Trinajstić information content (AvgIpc) is 2.78. The van der Waals surface area contributed by atoms with Crippen LogP contribution in [0.5, 0.6) is 0 Å². The van der Waals surface area contributed by atoms with Gasteiger partial charge >= 0.3 is 0 Å². The highest BCUT2D eigenvalue weighted by molar-refractivity contribution is 4.92. The van der Waals surface area contributed by atoms with Crippen LogP contribution in [0.4, 0.5) is 0 Å². The standard InChI is InChI=1S/C16H34N2O/c1-7-16(8-2)9-10-18(13-16)14(12-19-6)11-17-15(3,4)5/h14,17H,7-13H2,1-6H3. The van der Waals surface area contributed by atoms with Crippen LogP contribution in [0.2, 0.25) is 0 Å². The Morgan fingerprint density at radius 1 is 1.26 bits per heavy atom. The molecule has 1 aliphatic heterocycles. The lowest BCUT2D eigenvalue weighted by molar-refractivity contribution is 0.0905. The molecule has 19 heavy (non-hydrogen) atoms. The van der Waals surface area contributed by atoms with Crippen LogP contribution in [0, 0.1) is 5.41 Å². The van der Waals surface area contributed by atoms with Gasteiger partial charge in [-0.1, -0.05) is 13.8 Å². The normalized spacial score (nSPS) is 21.8. The molecule has 0 bridgehead atoms. The van der Waals surface area contributed by atoms with E-state index >= 15 is 0 Å². The second-order valence-electron chi connectivity index (χ2n) is 7.17. The van der Waals surface area contributed by atoms with Crippen molar-refractivity contribution in [1.82, 2.24) is 10.2 Å². The Morgan fingerprint density at radius 3 is 2.32 bits per heavy atom. The van der Waals surface area contributed by atoms with Gasteiger partial charge in [0.05, 0.1) is 6.61 Å². The third-order valence-electron chi connectivity index (χ3n) is 4.71. The molecule has 1 fully saturated rings. The van der Waals surface area contributed by atoms with Crippen molar-refractivity contribution in [3.63, 3.8) is 0 Å². The fraction of sp³-hybridized carbons (Fsp3) is 1.00. The summed E-state index contributed by atoms with van der Waals surface area (Å²) in [6, 6.07) is 0.504. The number of nitrogens with one attached hydrogen (secondary N) is 1. The summed E-state index contributed by atoms with van der Waals surface area (Å²) in [5, 5.41) is 3.63. The molecule has 1 rings (SSSR count). The number of rotatable bonds is 7. The van der Waals surface area contributed by atoms with E-state index in [1.165, 1.54) is 32.4 Å². The lowest BCUT2D eigenvalue weighted by Crippen LogP contribution is -2.49. The molecule has 0 radical (unpaired) electrons. The molecule has 0 amide bonds. The number of nitrogens with zero attached hydrogens (tertiary/aromatic N) is 1. The number of likely N-dealkylation sites (tertiary alicyclic amines) is 1. The van der Waals surface area contributed by atoms with E-state index in [4.69, 9.17) is 4.74 Å². The highest BCUT2D eigenvalue weighted by Crippen LogP contribution is 2.37. The predicted molar refractivity (Wildman–Crippen MR) is 82.6 cm³/mol. The Morgan fingerprint density at radius 2 is 1.89 bits per heavy atom. The Bertz CT molecular complexity index is 256. The Kier molecular flexibility index (Phi) is 6.28. The first-order valence-electron chi connectivity index (χ1n) is 7.84. The zero-order chi connectivity index (χ0) is 14.5. The summed E-state index contributed by atoms with van der Waals surface area (Å²) in [7, 11) is 1.81. The molecular weight excluding hydrogens is 236 g/mol. The predicted octanol–water partition coefficient (Wildman–Crippen LogP) is 2.90. The van der Waals surface area contributed by atoms with Crippen molar-refractivity contribution in [2.45, 2.75) is 65.5 Å². The molecule has 1 heterocycles. The van der Waals surface area contributed by atoms with Crippen molar-refractivity contribution in [3.05, 3.63) is 0 Å².